The third-order valence-corrected chi connectivity index (χ3v) is 2.83. The lowest BCUT2D eigenvalue weighted by molar-refractivity contribution is -0.00995. The molecule has 0 atom stereocenters. The molecular formula is C10H12OS. The molecule has 0 radical (unpaired) electrons. The summed E-state index contributed by atoms with van der Waals surface area (Å²) in [6.07, 6.45) is 0. The fourth-order valence-corrected chi connectivity index (χ4v) is 1.98. The SMILES string of the molecule is Cc1ccccc1C1(S)COC1. The van der Waals surface area contributed by atoms with Gasteiger partial charge in [0.15, 0.2) is 0 Å². The maximum Gasteiger partial charge on any atom is 0.0847 e. The molecule has 0 bridgehead atoms. The second-order valence-electron chi connectivity index (χ2n) is 3.34. The molecule has 0 aliphatic carbocycles. The summed E-state index contributed by atoms with van der Waals surface area (Å²) in [5, 5.41) is 0. The number of benzene rings is 1. The van der Waals surface area contributed by atoms with E-state index in [1.807, 2.05) is 0 Å². The summed E-state index contributed by atoms with van der Waals surface area (Å²) >= 11 is 4.61. The van der Waals surface area contributed by atoms with Crippen LogP contribution in [0.2, 0.25) is 0 Å². The normalized spacial score (nSPS) is 20.2. The lowest BCUT2D eigenvalue weighted by Crippen LogP contribution is -2.42. The number of rotatable bonds is 1. The number of hydrogen-bond donors (Lipinski definition) is 1. The van der Waals surface area contributed by atoms with Crippen molar-refractivity contribution in [2.24, 2.45) is 0 Å². The van der Waals surface area contributed by atoms with Crippen LogP contribution in [0.15, 0.2) is 24.3 Å². The van der Waals surface area contributed by atoms with Gasteiger partial charge in [0, 0.05) is 0 Å². The first-order valence-electron chi connectivity index (χ1n) is 4.09. The Morgan fingerprint density at radius 1 is 1.33 bits per heavy atom. The molecule has 0 amide bonds. The quantitative estimate of drug-likeness (QED) is 0.651. The van der Waals surface area contributed by atoms with Crippen molar-refractivity contribution in [2.45, 2.75) is 11.7 Å². The molecule has 2 heteroatoms. The smallest absolute Gasteiger partial charge is 0.0847 e. The summed E-state index contributed by atoms with van der Waals surface area (Å²) in [4.78, 5) is 0. The molecule has 0 saturated carbocycles. The van der Waals surface area contributed by atoms with Gasteiger partial charge in [-0.05, 0) is 18.1 Å². The van der Waals surface area contributed by atoms with Crippen molar-refractivity contribution in [1.29, 1.82) is 0 Å². The Bertz CT molecular complexity index is 292. The van der Waals surface area contributed by atoms with E-state index in [-0.39, 0.29) is 4.75 Å². The molecule has 1 aliphatic heterocycles. The zero-order valence-corrected chi connectivity index (χ0v) is 7.97. The standard InChI is InChI=1S/C10H12OS/c1-8-4-2-3-5-9(8)10(12)6-11-7-10/h2-5,12H,6-7H2,1H3. The molecule has 0 unspecified atom stereocenters. The molecule has 0 spiro atoms. The maximum absolute atomic E-state index is 5.17. The highest BCUT2D eigenvalue weighted by Gasteiger charge is 2.37. The zero-order chi connectivity index (χ0) is 8.60. The van der Waals surface area contributed by atoms with E-state index in [1.54, 1.807) is 0 Å². The van der Waals surface area contributed by atoms with Gasteiger partial charge in [0.1, 0.15) is 0 Å². The Kier molecular flexibility index (Phi) is 1.89. The van der Waals surface area contributed by atoms with Crippen LogP contribution in [0.3, 0.4) is 0 Å². The molecule has 1 aliphatic rings. The number of hydrogen-bond acceptors (Lipinski definition) is 2. The van der Waals surface area contributed by atoms with Gasteiger partial charge >= 0.3 is 0 Å². The molecule has 0 aromatic heterocycles. The van der Waals surface area contributed by atoms with Crippen LogP contribution in [0.25, 0.3) is 0 Å². The number of aryl methyl sites for hydroxylation is 1. The summed E-state index contributed by atoms with van der Waals surface area (Å²) < 4.78 is 5.15. The van der Waals surface area contributed by atoms with E-state index in [2.05, 4.69) is 43.8 Å². The molecule has 1 heterocycles. The van der Waals surface area contributed by atoms with E-state index < -0.39 is 0 Å². The highest BCUT2D eigenvalue weighted by atomic mass is 32.1. The third kappa shape index (κ3) is 1.15. The molecule has 0 N–H and O–H groups in total. The summed E-state index contributed by atoms with van der Waals surface area (Å²) in [5.41, 5.74) is 2.61. The molecule has 1 fully saturated rings. The van der Waals surface area contributed by atoms with E-state index in [4.69, 9.17) is 4.74 Å². The fraction of sp³-hybridized carbons (Fsp3) is 0.400. The second-order valence-corrected chi connectivity index (χ2v) is 4.20. The van der Waals surface area contributed by atoms with Crippen molar-refractivity contribution in [2.75, 3.05) is 13.2 Å². The van der Waals surface area contributed by atoms with Gasteiger partial charge in [-0.25, -0.2) is 0 Å². The summed E-state index contributed by atoms with van der Waals surface area (Å²) in [7, 11) is 0. The predicted molar refractivity (Wildman–Crippen MR) is 52.7 cm³/mol. The van der Waals surface area contributed by atoms with E-state index >= 15 is 0 Å². The van der Waals surface area contributed by atoms with Crippen LogP contribution < -0.4 is 0 Å². The monoisotopic (exact) mass is 180 g/mol. The van der Waals surface area contributed by atoms with Gasteiger partial charge in [-0.3, -0.25) is 0 Å². The lowest BCUT2D eigenvalue weighted by Gasteiger charge is -2.38. The van der Waals surface area contributed by atoms with Gasteiger partial charge < -0.3 is 4.74 Å². The van der Waals surface area contributed by atoms with Crippen LogP contribution in [-0.2, 0) is 9.48 Å². The fourth-order valence-electron chi connectivity index (χ4n) is 1.55. The summed E-state index contributed by atoms with van der Waals surface area (Å²) in [6, 6.07) is 8.35. The first kappa shape index (κ1) is 8.14. The van der Waals surface area contributed by atoms with Crippen LogP contribution in [0.5, 0.6) is 0 Å². The molecule has 1 nitrogen and oxygen atoms in total. The van der Waals surface area contributed by atoms with E-state index in [1.165, 1.54) is 11.1 Å². The lowest BCUT2D eigenvalue weighted by atomic mass is 9.92. The first-order valence-corrected chi connectivity index (χ1v) is 4.53. The number of thiol groups is 1. The van der Waals surface area contributed by atoms with Gasteiger partial charge in [-0.15, -0.1) is 0 Å². The van der Waals surface area contributed by atoms with Crippen LogP contribution >= 0.6 is 12.6 Å². The molecule has 1 saturated heterocycles. The number of ether oxygens (including phenoxy) is 1. The zero-order valence-electron chi connectivity index (χ0n) is 7.08. The summed E-state index contributed by atoms with van der Waals surface area (Å²) in [5.74, 6) is 0. The van der Waals surface area contributed by atoms with Gasteiger partial charge in [0.25, 0.3) is 0 Å². The molecular weight excluding hydrogens is 168 g/mol. The Labute approximate surface area is 78.2 Å². The average Bonchev–Trinajstić information content (AvgIpc) is 2.01. The highest BCUT2D eigenvalue weighted by molar-refractivity contribution is 7.81. The Morgan fingerprint density at radius 3 is 2.50 bits per heavy atom. The van der Waals surface area contributed by atoms with Crippen molar-refractivity contribution in [3.63, 3.8) is 0 Å². The van der Waals surface area contributed by atoms with Gasteiger partial charge in [0.05, 0.1) is 18.0 Å². The first-order chi connectivity index (χ1) is 5.72. The van der Waals surface area contributed by atoms with E-state index in [0.29, 0.717) is 0 Å². The van der Waals surface area contributed by atoms with Gasteiger partial charge in [-0.1, -0.05) is 24.3 Å². The van der Waals surface area contributed by atoms with Crippen molar-refractivity contribution in [1.82, 2.24) is 0 Å². The highest BCUT2D eigenvalue weighted by Crippen LogP contribution is 2.37. The van der Waals surface area contributed by atoms with Crippen molar-refractivity contribution in [3.05, 3.63) is 35.4 Å². The average molecular weight is 180 g/mol. The molecule has 12 heavy (non-hydrogen) atoms. The second kappa shape index (κ2) is 2.79. The van der Waals surface area contributed by atoms with Gasteiger partial charge in [-0.2, -0.15) is 12.6 Å². The Morgan fingerprint density at radius 2 is 2.00 bits per heavy atom. The minimum Gasteiger partial charge on any atom is -0.378 e. The maximum atomic E-state index is 5.17. The topological polar surface area (TPSA) is 9.23 Å². The minimum atomic E-state index is -0.0225. The Balaban J connectivity index is 2.39. The van der Waals surface area contributed by atoms with Crippen molar-refractivity contribution < 1.29 is 4.74 Å². The minimum absolute atomic E-state index is 0.0225. The van der Waals surface area contributed by atoms with Crippen LogP contribution in [0.1, 0.15) is 11.1 Å². The predicted octanol–water partition coefficient (Wildman–Crippen LogP) is 2.15. The van der Waals surface area contributed by atoms with Crippen molar-refractivity contribution in [3.8, 4) is 0 Å². The third-order valence-electron chi connectivity index (χ3n) is 2.33. The molecule has 2 rings (SSSR count). The Hall–Kier alpha value is -0.470. The molecule has 1 aromatic carbocycles. The van der Waals surface area contributed by atoms with E-state index in [9.17, 15) is 0 Å². The molecule has 64 valence electrons. The van der Waals surface area contributed by atoms with Crippen molar-refractivity contribution >= 4 is 12.6 Å². The summed E-state index contributed by atoms with van der Waals surface area (Å²) in [6.45, 7) is 3.59. The van der Waals surface area contributed by atoms with E-state index in [0.717, 1.165) is 13.2 Å². The molecule has 1 aromatic rings. The van der Waals surface area contributed by atoms with Gasteiger partial charge in [0.2, 0.25) is 0 Å². The van der Waals surface area contributed by atoms with Crippen LogP contribution in [0.4, 0.5) is 0 Å². The van der Waals surface area contributed by atoms with Crippen LogP contribution in [0, 0.1) is 6.92 Å². The van der Waals surface area contributed by atoms with Crippen LogP contribution in [-0.4, -0.2) is 13.2 Å². The largest absolute Gasteiger partial charge is 0.378 e.